The van der Waals surface area contributed by atoms with Crippen LogP contribution in [0.4, 0.5) is 5.69 Å². The number of carbonyl (C=O) groups excluding carboxylic acids is 1. The van der Waals surface area contributed by atoms with E-state index in [0.29, 0.717) is 49.9 Å². The fourth-order valence-electron chi connectivity index (χ4n) is 3.45. The molecule has 168 valence electrons. The predicted octanol–water partition coefficient (Wildman–Crippen LogP) is 4.02. The third-order valence-corrected chi connectivity index (χ3v) is 5.00. The summed E-state index contributed by atoms with van der Waals surface area (Å²) in [6.45, 7) is 4.74. The van der Waals surface area contributed by atoms with Gasteiger partial charge in [-0.05, 0) is 36.6 Å². The Kier molecular flexibility index (Phi) is 9.90. The Morgan fingerprint density at radius 3 is 2.35 bits per heavy atom. The Balaban J connectivity index is 0.00000341. The molecule has 31 heavy (non-hydrogen) atoms. The summed E-state index contributed by atoms with van der Waals surface area (Å²) in [5.41, 5.74) is 3.34. The van der Waals surface area contributed by atoms with E-state index in [2.05, 4.69) is 27.8 Å². The summed E-state index contributed by atoms with van der Waals surface area (Å²) in [7, 11) is 3.22. The van der Waals surface area contributed by atoms with Crippen molar-refractivity contribution in [3.8, 4) is 11.5 Å². The van der Waals surface area contributed by atoms with Crippen LogP contribution in [0.2, 0.25) is 0 Å². The number of anilines is 1. The summed E-state index contributed by atoms with van der Waals surface area (Å²) in [5.74, 6) is 2.17. The van der Waals surface area contributed by atoms with Gasteiger partial charge in [0.25, 0.3) is 0 Å². The number of aliphatic imine (C=N–C) groups is 1. The van der Waals surface area contributed by atoms with Crippen LogP contribution in [0.5, 0.6) is 11.5 Å². The highest BCUT2D eigenvalue weighted by molar-refractivity contribution is 14.0. The smallest absolute Gasteiger partial charge is 0.223 e. The number of rotatable bonds is 8. The Morgan fingerprint density at radius 1 is 1.06 bits per heavy atom. The third-order valence-electron chi connectivity index (χ3n) is 5.00. The molecule has 7 nitrogen and oxygen atoms in total. The van der Waals surface area contributed by atoms with Gasteiger partial charge in [-0.2, -0.15) is 0 Å². The van der Waals surface area contributed by atoms with Crippen LogP contribution < -0.4 is 20.1 Å². The first-order chi connectivity index (χ1) is 14.6. The van der Waals surface area contributed by atoms with Crippen LogP contribution in [0.1, 0.15) is 30.9 Å². The lowest BCUT2D eigenvalue weighted by Gasteiger charge is -2.15. The molecule has 2 aromatic rings. The monoisotopic (exact) mass is 538 g/mol. The van der Waals surface area contributed by atoms with Crippen molar-refractivity contribution >= 4 is 41.5 Å². The molecule has 0 saturated heterocycles. The Bertz CT molecular complexity index is 879. The largest absolute Gasteiger partial charge is 0.493 e. The van der Waals surface area contributed by atoms with Crippen LogP contribution >= 0.6 is 24.0 Å². The average Bonchev–Trinajstić information content (AvgIpc) is 3.21. The van der Waals surface area contributed by atoms with Crippen molar-refractivity contribution in [2.45, 2.75) is 32.9 Å². The van der Waals surface area contributed by atoms with Crippen molar-refractivity contribution < 1.29 is 14.3 Å². The van der Waals surface area contributed by atoms with Crippen LogP contribution in [0.3, 0.4) is 0 Å². The third kappa shape index (κ3) is 6.75. The van der Waals surface area contributed by atoms with Gasteiger partial charge in [-0.1, -0.05) is 24.3 Å². The van der Waals surface area contributed by atoms with Crippen LogP contribution in [0.25, 0.3) is 0 Å². The molecular weight excluding hydrogens is 507 g/mol. The van der Waals surface area contributed by atoms with Crippen LogP contribution in [-0.4, -0.2) is 44.1 Å². The molecule has 2 N–H and O–H groups in total. The van der Waals surface area contributed by atoms with Crippen molar-refractivity contribution in [3.05, 3.63) is 53.6 Å². The molecule has 0 atom stereocenters. The fraction of sp³-hybridized carbons (Fsp3) is 0.391. The van der Waals surface area contributed by atoms with Gasteiger partial charge in [-0.15, -0.1) is 24.0 Å². The zero-order valence-electron chi connectivity index (χ0n) is 18.3. The number of nitrogens with one attached hydrogen (secondary N) is 2. The highest BCUT2D eigenvalue weighted by Crippen LogP contribution is 2.29. The number of halogens is 1. The highest BCUT2D eigenvalue weighted by Gasteiger charge is 2.22. The van der Waals surface area contributed by atoms with Crippen molar-refractivity contribution in [2.75, 3.05) is 32.6 Å². The van der Waals surface area contributed by atoms with Gasteiger partial charge in [0, 0.05) is 44.4 Å². The van der Waals surface area contributed by atoms with Crippen molar-refractivity contribution in [2.24, 2.45) is 4.99 Å². The van der Waals surface area contributed by atoms with E-state index in [9.17, 15) is 4.79 Å². The first-order valence-corrected chi connectivity index (χ1v) is 10.3. The van der Waals surface area contributed by atoms with E-state index in [1.165, 1.54) is 11.1 Å². The number of hydrogen-bond donors (Lipinski definition) is 2. The number of nitrogens with zero attached hydrogens (tertiary/aromatic N) is 2. The normalized spacial score (nSPS) is 12.6. The lowest BCUT2D eigenvalue weighted by atomic mass is 10.1. The molecule has 0 radical (unpaired) electrons. The molecule has 0 unspecified atom stereocenters. The second-order valence-electron chi connectivity index (χ2n) is 7.08. The topological polar surface area (TPSA) is 75.2 Å². The van der Waals surface area contributed by atoms with Gasteiger partial charge in [0.15, 0.2) is 17.5 Å². The molecule has 3 rings (SSSR count). The average molecular weight is 538 g/mol. The predicted molar refractivity (Wildman–Crippen MR) is 134 cm³/mol. The number of guanidine groups is 1. The SMILES string of the molecule is CCNC(=NCCCC(=O)N1Cc2ccccc2C1)Nc1ccc(OC)c(OC)c1.I. The molecule has 8 heteroatoms. The Hall–Kier alpha value is -2.49. The van der Waals surface area contributed by atoms with Crippen molar-refractivity contribution in [1.82, 2.24) is 10.2 Å². The van der Waals surface area contributed by atoms with Gasteiger partial charge < -0.3 is 25.0 Å². The molecule has 0 aromatic heterocycles. The van der Waals surface area contributed by atoms with Gasteiger partial charge in [-0.25, -0.2) is 0 Å². The van der Waals surface area contributed by atoms with Gasteiger partial charge in [-0.3, -0.25) is 9.79 Å². The van der Waals surface area contributed by atoms with Crippen LogP contribution in [0, 0.1) is 0 Å². The van der Waals surface area contributed by atoms with E-state index >= 15 is 0 Å². The zero-order chi connectivity index (χ0) is 21.3. The summed E-state index contributed by atoms with van der Waals surface area (Å²) in [6, 6.07) is 13.8. The van der Waals surface area contributed by atoms with Gasteiger partial charge >= 0.3 is 0 Å². The number of amides is 1. The number of benzene rings is 2. The first kappa shape index (κ1) is 24.8. The van der Waals surface area contributed by atoms with E-state index in [4.69, 9.17) is 9.47 Å². The minimum atomic E-state index is 0. The van der Waals surface area contributed by atoms with Gasteiger partial charge in [0.05, 0.1) is 14.2 Å². The lowest BCUT2D eigenvalue weighted by Crippen LogP contribution is -2.31. The standard InChI is InChI=1S/C23H30N4O3.HI/c1-4-24-23(26-19-11-12-20(29-2)21(14-19)30-3)25-13-7-10-22(28)27-15-17-8-5-6-9-18(17)16-27;/h5-6,8-9,11-12,14H,4,7,10,13,15-16H2,1-3H3,(H2,24,25,26);1H. The highest BCUT2D eigenvalue weighted by atomic mass is 127. The lowest BCUT2D eigenvalue weighted by molar-refractivity contribution is -0.131. The number of ether oxygens (including phenoxy) is 2. The van der Waals surface area contributed by atoms with E-state index in [1.54, 1.807) is 14.2 Å². The first-order valence-electron chi connectivity index (χ1n) is 10.3. The van der Waals surface area contributed by atoms with Gasteiger partial charge in [0.2, 0.25) is 5.91 Å². The van der Waals surface area contributed by atoms with Gasteiger partial charge in [0.1, 0.15) is 0 Å². The molecule has 1 aliphatic rings. The molecule has 1 aliphatic heterocycles. The molecule has 0 fully saturated rings. The van der Waals surface area contributed by atoms with E-state index in [-0.39, 0.29) is 29.9 Å². The fourth-order valence-corrected chi connectivity index (χ4v) is 3.45. The van der Waals surface area contributed by atoms with Crippen LogP contribution in [0.15, 0.2) is 47.5 Å². The second kappa shape index (κ2) is 12.4. The molecule has 0 bridgehead atoms. The quantitative estimate of drug-likeness (QED) is 0.230. The summed E-state index contributed by atoms with van der Waals surface area (Å²) in [4.78, 5) is 19.0. The molecule has 2 aromatic carbocycles. The summed E-state index contributed by atoms with van der Waals surface area (Å²) in [6.07, 6.45) is 1.20. The van der Waals surface area contributed by atoms with Crippen LogP contribution in [-0.2, 0) is 17.9 Å². The van der Waals surface area contributed by atoms with E-state index < -0.39 is 0 Å². The molecular formula is C23H31IN4O3. The molecule has 0 saturated carbocycles. The minimum absolute atomic E-state index is 0. The molecule has 1 heterocycles. The molecule has 1 amide bonds. The number of carbonyl (C=O) groups is 1. The second-order valence-corrected chi connectivity index (χ2v) is 7.08. The summed E-state index contributed by atoms with van der Waals surface area (Å²) < 4.78 is 10.6. The van der Waals surface area contributed by atoms with Crippen molar-refractivity contribution in [3.63, 3.8) is 0 Å². The Morgan fingerprint density at radius 2 is 1.74 bits per heavy atom. The summed E-state index contributed by atoms with van der Waals surface area (Å²) in [5, 5.41) is 6.49. The van der Waals surface area contributed by atoms with E-state index in [1.807, 2.05) is 42.2 Å². The maximum Gasteiger partial charge on any atom is 0.223 e. The number of methoxy groups -OCH3 is 2. The number of fused-ring (bicyclic) bond motifs is 1. The van der Waals surface area contributed by atoms with Crippen molar-refractivity contribution in [1.29, 1.82) is 0 Å². The summed E-state index contributed by atoms with van der Waals surface area (Å²) >= 11 is 0. The Labute approximate surface area is 201 Å². The zero-order valence-corrected chi connectivity index (χ0v) is 20.6. The number of hydrogen-bond acceptors (Lipinski definition) is 4. The maximum absolute atomic E-state index is 12.5. The van der Waals surface area contributed by atoms with E-state index in [0.717, 1.165) is 12.2 Å². The molecule has 0 spiro atoms. The minimum Gasteiger partial charge on any atom is -0.493 e. The maximum atomic E-state index is 12.5. The molecule has 0 aliphatic carbocycles.